The van der Waals surface area contributed by atoms with Gasteiger partial charge >= 0.3 is 0 Å². The Morgan fingerprint density at radius 3 is 2.74 bits per heavy atom. The van der Waals surface area contributed by atoms with Crippen molar-refractivity contribution in [2.24, 2.45) is 0 Å². The Hall–Kier alpha value is -2.36. The number of pyridine rings is 1. The fourth-order valence-electron chi connectivity index (χ4n) is 2.41. The Bertz CT molecular complexity index is 610. The van der Waals surface area contributed by atoms with Crippen LogP contribution in [-0.2, 0) is 11.2 Å². The molecule has 0 bridgehead atoms. The van der Waals surface area contributed by atoms with Crippen molar-refractivity contribution < 1.29 is 4.79 Å². The van der Waals surface area contributed by atoms with E-state index in [1.165, 1.54) is 5.56 Å². The first-order valence-electron chi connectivity index (χ1n) is 6.32. The fraction of sp³-hybridized carbons (Fsp3) is 0.200. The molecule has 1 N–H and O–H groups in total. The van der Waals surface area contributed by atoms with Crippen LogP contribution < -0.4 is 10.2 Å². The van der Waals surface area contributed by atoms with Gasteiger partial charge in [-0.15, -0.1) is 0 Å². The number of anilines is 3. The first-order valence-corrected chi connectivity index (χ1v) is 6.32. The summed E-state index contributed by atoms with van der Waals surface area (Å²) in [7, 11) is 0. The van der Waals surface area contributed by atoms with Crippen LogP contribution in [0.15, 0.2) is 42.7 Å². The van der Waals surface area contributed by atoms with E-state index < -0.39 is 0 Å². The van der Waals surface area contributed by atoms with E-state index in [2.05, 4.69) is 16.4 Å². The van der Waals surface area contributed by atoms with E-state index >= 15 is 0 Å². The third-order valence-electron chi connectivity index (χ3n) is 3.32. The van der Waals surface area contributed by atoms with Crippen molar-refractivity contribution in [3.63, 3.8) is 0 Å². The van der Waals surface area contributed by atoms with Crippen molar-refractivity contribution in [1.29, 1.82) is 0 Å². The SMILES string of the molecule is CC(=O)N1CCc2cc(Nc3ccncc3)ccc21. The summed E-state index contributed by atoms with van der Waals surface area (Å²) in [6, 6.07) is 9.97. The molecular weight excluding hydrogens is 238 g/mol. The smallest absolute Gasteiger partial charge is 0.223 e. The zero-order valence-electron chi connectivity index (χ0n) is 10.8. The Morgan fingerprint density at radius 1 is 1.21 bits per heavy atom. The van der Waals surface area contributed by atoms with Gasteiger partial charge in [0.15, 0.2) is 0 Å². The zero-order valence-corrected chi connectivity index (χ0v) is 10.8. The van der Waals surface area contributed by atoms with Gasteiger partial charge in [-0.2, -0.15) is 0 Å². The summed E-state index contributed by atoms with van der Waals surface area (Å²) in [5.41, 5.74) is 4.30. The van der Waals surface area contributed by atoms with Gasteiger partial charge < -0.3 is 10.2 Å². The molecule has 0 radical (unpaired) electrons. The monoisotopic (exact) mass is 253 g/mol. The van der Waals surface area contributed by atoms with Crippen molar-refractivity contribution in [3.05, 3.63) is 48.3 Å². The Balaban J connectivity index is 1.85. The predicted octanol–water partition coefficient (Wildman–Crippen LogP) is 2.73. The Morgan fingerprint density at radius 2 is 2.00 bits per heavy atom. The molecule has 4 nitrogen and oxygen atoms in total. The van der Waals surface area contributed by atoms with Crippen LogP contribution in [0.25, 0.3) is 0 Å². The number of hydrogen-bond donors (Lipinski definition) is 1. The van der Waals surface area contributed by atoms with Gasteiger partial charge in [0.2, 0.25) is 5.91 Å². The molecule has 0 fully saturated rings. The zero-order chi connectivity index (χ0) is 13.2. The minimum Gasteiger partial charge on any atom is -0.355 e. The number of hydrogen-bond acceptors (Lipinski definition) is 3. The van der Waals surface area contributed by atoms with E-state index in [9.17, 15) is 4.79 Å². The highest BCUT2D eigenvalue weighted by molar-refractivity contribution is 5.94. The molecule has 1 amide bonds. The van der Waals surface area contributed by atoms with Gasteiger partial charge in [0.25, 0.3) is 0 Å². The molecule has 0 atom stereocenters. The third-order valence-corrected chi connectivity index (χ3v) is 3.32. The molecule has 2 aromatic rings. The number of fused-ring (bicyclic) bond motifs is 1. The lowest BCUT2D eigenvalue weighted by atomic mass is 10.1. The van der Waals surface area contributed by atoms with E-state index in [-0.39, 0.29) is 5.91 Å². The molecule has 1 aromatic carbocycles. The van der Waals surface area contributed by atoms with Gasteiger partial charge in [-0.3, -0.25) is 9.78 Å². The van der Waals surface area contributed by atoms with Gasteiger partial charge in [0.1, 0.15) is 0 Å². The van der Waals surface area contributed by atoms with Crippen LogP contribution in [0.3, 0.4) is 0 Å². The maximum atomic E-state index is 11.5. The summed E-state index contributed by atoms with van der Waals surface area (Å²) in [5.74, 6) is 0.105. The van der Waals surface area contributed by atoms with E-state index in [1.54, 1.807) is 19.3 Å². The number of amides is 1. The van der Waals surface area contributed by atoms with E-state index in [4.69, 9.17) is 0 Å². The second-order valence-corrected chi connectivity index (χ2v) is 4.63. The first kappa shape index (κ1) is 11.7. The second kappa shape index (κ2) is 4.72. The molecule has 0 unspecified atom stereocenters. The number of benzene rings is 1. The molecule has 0 saturated carbocycles. The highest BCUT2D eigenvalue weighted by Crippen LogP contribution is 2.31. The van der Waals surface area contributed by atoms with Crippen molar-refractivity contribution in [3.8, 4) is 0 Å². The first-order chi connectivity index (χ1) is 9.24. The van der Waals surface area contributed by atoms with Gasteiger partial charge in [-0.1, -0.05) is 0 Å². The molecule has 4 heteroatoms. The average Bonchev–Trinajstić information content (AvgIpc) is 2.83. The molecule has 19 heavy (non-hydrogen) atoms. The summed E-state index contributed by atoms with van der Waals surface area (Å²) in [6.45, 7) is 2.39. The molecule has 0 spiro atoms. The van der Waals surface area contributed by atoms with Crippen molar-refractivity contribution in [2.45, 2.75) is 13.3 Å². The summed E-state index contributed by atoms with van der Waals surface area (Å²) < 4.78 is 0. The third kappa shape index (κ3) is 2.29. The highest BCUT2D eigenvalue weighted by atomic mass is 16.2. The predicted molar refractivity (Wildman–Crippen MR) is 75.7 cm³/mol. The topological polar surface area (TPSA) is 45.2 Å². The molecule has 2 heterocycles. The number of carbonyl (C=O) groups is 1. The number of carbonyl (C=O) groups excluding carboxylic acids is 1. The number of aromatic nitrogens is 1. The normalized spacial score (nSPS) is 13.2. The van der Waals surface area contributed by atoms with E-state index in [1.807, 2.05) is 29.2 Å². The van der Waals surface area contributed by atoms with Crippen LogP contribution in [0.4, 0.5) is 17.1 Å². The Labute approximate surface area is 112 Å². The summed E-state index contributed by atoms with van der Waals surface area (Å²) in [6.07, 6.45) is 4.43. The Kier molecular flexibility index (Phi) is 2.91. The fourth-order valence-corrected chi connectivity index (χ4v) is 2.41. The standard InChI is InChI=1S/C15H15N3O/c1-11(19)18-9-6-12-10-14(2-3-15(12)18)17-13-4-7-16-8-5-13/h2-5,7-8,10H,6,9H2,1H3,(H,16,17). The summed E-state index contributed by atoms with van der Waals surface area (Å²) in [5, 5.41) is 3.33. The minimum absolute atomic E-state index is 0.105. The summed E-state index contributed by atoms with van der Waals surface area (Å²) >= 11 is 0. The van der Waals surface area contributed by atoms with Crippen LogP contribution >= 0.6 is 0 Å². The van der Waals surface area contributed by atoms with Crippen LogP contribution in [-0.4, -0.2) is 17.4 Å². The molecule has 3 rings (SSSR count). The van der Waals surface area contributed by atoms with Gasteiger partial charge in [-0.05, 0) is 42.3 Å². The van der Waals surface area contributed by atoms with E-state index in [0.29, 0.717) is 0 Å². The number of nitrogens with zero attached hydrogens (tertiary/aromatic N) is 2. The van der Waals surface area contributed by atoms with Gasteiger partial charge in [0.05, 0.1) is 0 Å². The maximum Gasteiger partial charge on any atom is 0.223 e. The van der Waals surface area contributed by atoms with Crippen molar-refractivity contribution in [1.82, 2.24) is 4.98 Å². The lowest BCUT2D eigenvalue weighted by Crippen LogP contribution is -2.25. The minimum atomic E-state index is 0.105. The van der Waals surface area contributed by atoms with Crippen molar-refractivity contribution >= 4 is 23.0 Å². The highest BCUT2D eigenvalue weighted by Gasteiger charge is 2.21. The molecule has 96 valence electrons. The summed E-state index contributed by atoms with van der Waals surface area (Å²) in [4.78, 5) is 17.3. The number of nitrogens with one attached hydrogen (secondary N) is 1. The van der Waals surface area contributed by atoms with Crippen LogP contribution in [0, 0.1) is 0 Å². The lowest BCUT2D eigenvalue weighted by molar-refractivity contribution is -0.116. The maximum absolute atomic E-state index is 11.5. The largest absolute Gasteiger partial charge is 0.355 e. The molecule has 1 aromatic heterocycles. The second-order valence-electron chi connectivity index (χ2n) is 4.63. The van der Waals surface area contributed by atoms with Crippen LogP contribution in [0.5, 0.6) is 0 Å². The average molecular weight is 253 g/mol. The molecule has 0 saturated heterocycles. The van der Waals surface area contributed by atoms with E-state index in [0.717, 1.165) is 30.0 Å². The molecule has 0 aliphatic carbocycles. The van der Waals surface area contributed by atoms with Crippen LogP contribution in [0.2, 0.25) is 0 Å². The quantitative estimate of drug-likeness (QED) is 0.895. The molecule has 1 aliphatic heterocycles. The van der Waals surface area contributed by atoms with Gasteiger partial charge in [-0.25, -0.2) is 0 Å². The molecular formula is C15H15N3O. The van der Waals surface area contributed by atoms with Crippen LogP contribution in [0.1, 0.15) is 12.5 Å². The molecule has 1 aliphatic rings. The van der Waals surface area contributed by atoms with Gasteiger partial charge in [0, 0.05) is 42.9 Å². The number of rotatable bonds is 2. The van der Waals surface area contributed by atoms with Crippen molar-refractivity contribution in [2.75, 3.05) is 16.8 Å². The lowest BCUT2D eigenvalue weighted by Gasteiger charge is -2.15.